The Hall–Kier alpha value is -3.01. The van der Waals surface area contributed by atoms with Gasteiger partial charge in [0.1, 0.15) is 0 Å². The molecule has 0 saturated carbocycles. The van der Waals surface area contributed by atoms with Crippen LogP contribution < -0.4 is 10.7 Å². The van der Waals surface area contributed by atoms with Crippen LogP contribution in [-0.4, -0.2) is 49.1 Å². The van der Waals surface area contributed by atoms with E-state index in [9.17, 15) is 13.5 Å². The summed E-state index contributed by atoms with van der Waals surface area (Å²) >= 11 is 0. The molecule has 3 heterocycles. The third-order valence-corrected chi connectivity index (χ3v) is 6.96. The number of nitrogens with one attached hydrogen (secondary N) is 1. The molecule has 5 rings (SSSR count). The van der Waals surface area contributed by atoms with Crippen molar-refractivity contribution in [2.24, 2.45) is 9.98 Å². The Morgan fingerprint density at radius 2 is 1.72 bits per heavy atom. The fourth-order valence-corrected chi connectivity index (χ4v) is 5.26. The number of morpholine rings is 1. The lowest BCUT2D eigenvalue weighted by atomic mass is 10.1. The van der Waals surface area contributed by atoms with E-state index in [0.717, 1.165) is 10.7 Å². The van der Waals surface area contributed by atoms with Crippen LogP contribution in [0.25, 0.3) is 17.0 Å². The molecule has 2 aliphatic heterocycles. The van der Waals surface area contributed by atoms with Gasteiger partial charge < -0.3 is 14.8 Å². The van der Waals surface area contributed by atoms with Gasteiger partial charge in [-0.3, -0.25) is 0 Å². The molecule has 0 bridgehead atoms. The maximum Gasteiger partial charge on any atom is 0.243 e. The van der Waals surface area contributed by atoms with Gasteiger partial charge in [-0.2, -0.15) is 4.31 Å². The first-order chi connectivity index (χ1) is 14.0. The highest BCUT2D eigenvalue weighted by Crippen LogP contribution is 2.35. The maximum atomic E-state index is 13.3. The van der Waals surface area contributed by atoms with Crippen molar-refractivity contribution in [2.45, 2.75) is 4.90 Å². The third-order valence-electron chi connectivity index (χ3n) is 5.02. The molecule has 0 unspecified atom stereocenters. The van der Waals surface area contributed by atoms with Gasteiger partial charge in [0.2, 0.25) is 10.0 Å². The molecule has 29 heavy (non-hydrogen) atoms. The SMILES string of the molecule is O=S(=O)(c1cccc2[nH]c(O)c(C=C3N=c4ccccc4=N3)c12)N1CCOCC1. The van der Waals surface area contributed by atoms with Crippen molar-refractivity contribution in [3.63, 3.8) is 0 Å². The quantitative estimate of drug-likeness (QED) is 0.675. The minimum Gasteiger partial charge on any atom is -0.494 e. The van der Waals surface area contributed by atoms with E-state index in [1.54, 1.807) is 24.3 Å². The van der Waals surface area contributed by atoms with Crippen molar-refractivity contribution < 1.29 is 18.3 Å². The van der Waals surface area contributed by atoms with Crippen LogP contribution in [0.4, 0.5) is 0 Å². The number of aromatic amines is 1. The number of benzene rings is 2. The number of ether oxygens (including phenoxy) is 1. The molecule has 0 aliphatic carbocycles. The van der Waals surface area contributed by atoms with Crippen LogP contribution in [0.2, 0.25) is 0 Å². The number of hydrogen-bond donors (Lipinski definition) is 2. The zero-order valence-electron chi connectivity index (χ0n) is 15.4. The second kappa shape index (κ2) is 6.80. The van der Waals surface area contributed by atoms with E-state index in [1.165, 1.54) is 4.31 Å². The summed E-state index contributed by atoms with van der Waals surface area (Å²) in [6, 6.07) is 12.4. The van der Waals surface area contributed by atoms with Gasteiger partial charge in [0.15, 0.2) is 11.7 Å². The summed E-state index contributed by atoms with van der Waals surface area (Å²) in [5.41, 5.74) is 0.877. The van der Waals surface area contributed by atoms with E-state index >= 15 is 0 Å². The number of nitrogens with zero attached hydrogens (tertiary/aromatic N) is 3. The van der Waals surface area contributed by atoms with Crippen molar-refractivity contribution in [3.8, 4) is 5.88 Å². The van der Waals surface area contributed by atoms with Crippen LogP contribution >= 0.6 is 0 Å². The number of aromatic nitrogens is 1. The molecule has 2 aromatic carbocycles. The van der Waals surface area contributed by atoms with Crippen LogP contribution in [0, 0.1) is 0 Å². The first-order valence-electron chi connectivity index (χ1n) is 9.20. The molecule has 0 atom stereocenters. The van der Waals surface area contributed by atoms with Crippen molar-refractivity contribution in [1.82, 2.24) is 9.29 Å². The lowest BCUT2D eigenvalue weighted by Crippen LogP contribution is -2.40. The highest BCUT2D eigenvalue weighted by Gasteiger charge is 2.29. The Morgan fingerprint density at radius 1 is 1.03 bits per heavy atom. The standard InChI is InChI=1S/C20H18N4O4S/c25-20-13(12-18-21-14-4-1-2-5-15(14)22-18)19-16(23-20)6-3-7-17(19)29(26,27)24-8-10-28-11-9-24/h1-7,12,23,25H,8-11H2. The van der Waals surface area contributed by atoms with Crippen LogP contribution in [-0.2, 0) is 14.8 Å². The number of H-pyrrole nitrogens is 1. The van der Waals surface area contributed by atoms with Crippen molar-refractivity contribution in [3.05, 3.63) is 64.6 Å². The van der Waals surface area contributed by atoms with Crippen molar-refractivity contribution >= 4 is 27.0 Å². The van der Waals surface area contributed by atoms with Crippen LogP contribution in [0.15, 0.2) is 63.2 Å². The first-order valence-corrected chi connectivity index (χ1v) is 10.6. The molecule has 0 radical (unpaired) electrons. The number of rotatable bonds is 3. The second-order valence-electron chi connectivity index (χ2n) is 6.80. The van der Waals surface area contributed by atoms with Gasteiger partial charge in [0, 0.05) is 24.0 Å². The Balaban J connectivity index is 1.69. The Labute approximate surface area is 166 Å². The zero-order valence-corrected chi connectivity index (χ0v) is 16.2. The van der Waals surface area contributed by atoms with E-state index in [-0.39, 0.29) is 10.8 Å². The molecular weight excluding hydrogens is 392 g/mol. The van der Waals surface area contributed by atoms with Crippen molar-refractivity contribution in [2.75, 3.05) is 26.3 Å². The number of sulfonamides is 1. The van der Waals surface area contributed by atoms with Gasteiger partial charge in [-0.25, -0.2) is 18.4 Å². The molecule has 9 heteroatoms. The summed E-state index contributed by atoms with van der Waals surface area (Å²) in [5, 5.41) is 12.4. The van der Waals surface area contributed by atoms with Crippen molar-refractivity contribution in [1.29, 1.82) is 0 Å². The molecule has 8 nitrogen and oxygen atoms in total. The molecule has 2 aliphatic rings. The summed E-state index contributed by atoms with van der Waals surface area (Å²) in [7, 11) is -3.75. The number of para-hydroxylation sites is 2. The fraction of sp³-hybridized carbons (Fsp3) is 0.200. The minimum atomic E-state index is -3.75. The number of hydrogen-bond acceptors (Lipinski definition) is 6. The average molecular weight is 410 g/mol. The predicted molar refractivity (Wildman–Crippen MR) is 106 cm³/mol. The van der Waals surface area contributed by atoms with E-state index in [4.69, 9.17) is 4.74 Å². The Kier molecular flexibility index (Phi) is 4.23. The Bertz CT molecular complexity index is 1330. The summed E-state index contributed by atoms with van der Waals surface area (Å²) in [5.74, 6) is 0.277. The molecule has 1 aromatic heterocycles. The topological polar surface area (TPSA) is 107 Å². The van der Waals surface area contributed by atoms with Crippen LogP contribution in [0.3, 0.4) is 0 Å². The average Bonchev–Trinajstić information content (AvgIpc) is 3.29. The molecule has 2 N–H and O–H groups in total. The van der Waals surface area contributed by atoms with Gasteiger partial charge in [0.05, 0.1) is 34.3 Å². The fourth-order valence-electron chi connectivity index (χ4n) is 3.63. The lowest BCUT2D eigenvalue weighted by molar-refractivity contribution is 0.0730. The third kappa shape index (κ3) is 3.03. The molecule has 3 aromatic rings. The maximum absolute atomic E-state index is 13.3. The van der Waals surface area contributed by atoms with Crippen LogP contribution in [0.1, 0.15) is 5.56 Å². The molecule has 0 spiro atoms. The summed E-state index contributed by atoms with van der Waals surface area (Å²) in [6.07, 6.45) is 1.60. The lowest BCUT2D eigenvalue weighted by Gasteiger charge is -2.26. The van der Waals surface area contributed by atoms with E-state index < -0.39 is 10.0 Å². The predicted octanol–water partition coefficient (Wildman–Crippen LogP) is 1.15. The monoisotopic (exact) mass is 410 g/mol. The molecule has 148 valence electrons. The Morgan fingerprint density at radius 3 is 2.41 bits per heavy atom. The minimum absolute atomic E-state index is 0.126. The molecular formula is C20H18N4O4S. The normalized spacial score (nSPS) is 17.0. The van der Waals surface area contributed by atoms with Gasteiger partial charge in [-0.15, -0.1) is 0 Å². The van der Waals surface area contributed by atoms with Gasteiger partial charge >= 0.3 is 0 Å². The van der Waals surface area contributed by atoms with E-state index in [1.807, 2.05) is 24.3 Å². The molecule has 1 fully saturated rings. The zero-order chi connectivity index (χ0) is 20.0. The summed E-state index contributed by atoms with van der Waals surface area (Å²) < 4.78 is 33.3. The number of aromatic hydroxyl groups is 1. The van der Waals surface area contributed by atoms with Gasteiger partial charge in [-0.05, 0) is 30.3 Å². The van der Waals surface area contributed by atoms with Crippen LogP contribution in [0.5, 0.6) is 5.88 Å². The van der Waals surface area contributed by atoms with Gasteiger partial charge in [-0.1, -0.05) is 18.2 Å². The van der Waals surface area contributed by atoms with E-state index in [2.05, 4.69) is 15.0 Å². The highest BCUT2D eigenvalue weighted by molar-refractivity contribution is 7.89. The molecule has 1 saturated heterocycles. The number of fused-ring (bicyclic) bond motifs is 2. The second-order valence-corrected chi connectivity index (χ2v) is 8.70. The van der Waals surface area contributed by atoms with Gasteiger partial charge in [0.25, 0.3) is 0 Å². The molecule has 0 amide bonds. The largest absolute Gasteiger partial charge is 0.494 e. The smallest absolute Gasteiger partial charge is 0.243 e. The van der Waals surface area contributed by atoms with E-state index in [0.29, 0.717) is 48.6 Å². The highest BCUT2D eigenvalue weighted by atomic mass is 32.2. The summed E-state index contributed by atoms with van der Waals surface area (Å²) in [4.78, 5) is 11.9. The summed E-state index contributed by atoms with van der Waals surface area (Å²) in [6.45, 7) is 1.32. The first kappa shape index (κ1) is 18.0.